The standard InChI is InChI=1S/C13H19NO3S.C7H15BO2.C7H15NO.C6H13NO.C2H6.CH4O.5Ar.H2O2/c1-11-3-5-13(6-4-11)18(15,16)17-12-7-9-14(2)10-8-12;1-6(2)7(3,4)10-8(5)9-6;1-8-5-3-7(9-2)4-6-8;1-8-6-2-4-7-5-3-6;2*1-2;;;;;;1-2/h3-6,12H,7-10H2,1-2H3;1-5H3;7H,3-6H2,1-2H3;6-7H,2-5H2,1H3;1-2H3;2H,1H3;;;;;;1-2H. The molecule has 0 saturated carbocycles. The van der Waals surface area contributed by atoms with Crippen molar-refractivity contribution in [1.82, 2.24) is 15.1 Å². The molecule has 4 heterocycles. The maximum Gasteiger partial charge on any atom is 0.454 e. The summed E-state index contributed by atoms with van der Waals surface area (Å²) in [4.78, 5) is 4.76. The summed E-state index contributed by atoms with van der Waals surface area (Å²) in [6.45, 7) is 22.5. The largest absolute Gasteiger partial charge is 0.454 e. The van der Waals surface area contributed by atoms with Gasteiger partial charge in [-0.25, -0.2) is 0 Å². The van der Waals surface area contributed by atoms with E-state index in [1.165, 1.54) is 38.8 Å². The van der Waals surface area contributed by atoms with Crippen LogP contribution < -0.4 is 5.32 Å². The Kier molecular flexibility index (Phi) is 59.2. The zero-order chi connectivity index (χ0) is 39.7. The molecule has 13 nitrogen and oxygen atoms in total. The molecule has 1 aromatic rings. The Morgan fingerprint density at radius 3 is 1.30 bits per heavy atom. The number of hydrogen-bond donors (Lipinski definition) is 4. The van der Waals surface area contributed by atoms with Crippen LogP contribution in [0, 0.1) is 196 Å². The van der Waals surface area contributed by atoms with E-state index in [0.29, 0.717) is 12.2 Å². The van der Waals surface area contributed by atoms with Crippen molar-refractivity contribution in [2.45, 2.75) is 128 Å². The Hall–Kier alpha value is 5.09. The quantitative estimate of drug-likeness (QED) is 0.131. The van der Waals surface area contributed by atoms with Gasteiger partial charge in [-0.1, -0.05) is 31.5 Å². The van der Waals surface area contributed by atoms with Crippen LogP contribution in [0.3, 0.4) is 0 Å². The van der Waals surface area contributed by atoms with Crippen LogP contribution in [-0.2, 0) is 33.1 Å². The molecule has 0 bridgehead atoms. The molecule has 20 heteroatoms. The van der Waals surface area contributed by atoms with Gasteiger partial charge in [0, 0.05) is 236 Å². The molecular weight excluding hydrogens is 877 g/mol. The third-order valence-electron chi connectivity index (χ3n) is 9.23. The van der Waals surface area contributed by atoms with E-state index in [4.69, 9.17) is 38.6 Å². The van der Waals surface area contributed by atoms with Crippen LogP contribution >= 0.6 is 0 Å². The molecule has 56 heavy (non-hydrogen) atoms. The molecule has 0 atom stereocenters. The van der Waals surface area contributed by atoms with Gasteiger partial charge >= 0.3 is 7.12 Å². The van der Waals surface area contributed by atoms with E-state index in [1.54, 1.807) is 38.5 Å². The summed E-state index contributed by atoms with van der Waals surface area (Å²) in [5.41, 5.74) is 0.715. The normalized spacial score (nSPS) is 19.0. The van der Waals surface area contributed by atoms with Crippen molar-refractivity contribution >= 4 is 17.2 Å². The summed E-state index contributed by atoms with van der Waals surface area (Å²) in [6.07, 6.45) is 7.15. The second-order valence-electron chi connectivity index (χ2n) is 13.6. The fourth-order valence-corrected chi connectivity index (χ4v) is 6.54. The van der Waals surface area contributed by atoms with Gasteiger partial charge in [0.05, 0.1) is 34.4 Å². The minimum absolute atomic E-state index is 0. The van der Waals surface area contributed by atoms with E-state index < -0.39 is 10.1 Å². The molecule has 4 aliphatic heterocycles. The Labute approximate surface area is 492 Å². The number of aryl methyl sites for hydroxylation is 1. The number of benzene rings is 1. The minimum Gasteiger partial charge on any atom is -0.403 e. The summed E-state index contributed by atoms with van der Waals surface area (Å²) in [7, 11) is 5.10. The van der Waals surface area contributed by atoms with E-state index >= 15 is 0 Å². The van der Waals surface area contributed by atoms with Crippen LogP contribution in [0.5, 0.6) is 0 Å². The van der Waals surface area contributed by atoms with Gasteiger partial charge in [-0.05, 0) is 119 Å². The van der Waals surface area contributed by atoms with Gasteiger partial charge in [0.25, 0.3) is 10.1 Å². The topological polar surface area (TPSA) is 159 Å². The number of aliphatic hydroxyl groups is 1. The number of nitrogens with one attached hydrogen (secondary N) is 1. The number of ether oxygens (including phenoxy) is 2. The average Bonchev–Trinajstić information content (AvgIpc) is 3.33. The Morgan fingerprint density at radius 2 is 1.02 bits per heavy atom. The summed E-state index contributed by atoms with van der Waals surface area (Å²) >= 11 is 0. The number of piperidine rings is 3. The third-order valence-corrected chi connectivity index (χ3v) is 10.6. The molecule has 5 rings (SSSR count). The van der Waals surface area contributed by atoms with Crippen molar-refractivity contribution in [3.63, 3.8) is 0 Å². The monoisotopic (exact) mass is 951 g/mol. The molecular formula is C36H74Ar5BN3O10S. The Bertz CT molecular complexity index is 1070. The molecule has 4 N–H and O–H groups in total. The fraction of sp³-hybridized carbons (Fsp3) is 0.833. The summed E-state index contributed by atoms with van der Waals surface area (Å²) in [5, 5.41) is 22.3. The van der Waals surface area contributed by atoms with Gasteiger partial charge in [0.15, 0.2) is 0 Å². The van der Waals surface area contributed by atoms with Crippen molar-refractivity contribution in [2.75, 3.05) is 74.7 Å². The number of methoxy groups -OCH3 is 2. The molecule has 4 aliphatic rings. The van der Waals surface area contributed by atoms with Crippen LogP contribution in [0.2, 0.25) is 6.82 Å². The van der Waals surface area contributed by atoms with E-state index in [-0.39, 0.29) is 218 Å². The molecule has 0 radical (unpaired) electrons. The van der Waals surface area contributed by atoms with Gasteiger partial charge in [0.2, 0.25) is 0 Å². The summed E-state index contributed by atoms with van der Waals surface area (Å²) in [5.74, 6) is 0. The maximum atomic E-state index is 12.1. The predicted molar refractivity (Wildman–Crippen MR) is 207 cm³/mol. The van der Waals surface area contributed by atoms with Crippen LogP contribution in [0.15, 0.2) is 29.2 Å². The first-order chi connectivity index (χ1) is 24.1. The smallest absolute Gasteiger partial charge is 0.403 e. The fourth-order valence-electron chi connectivity index (χ4n) is 5.41. The molecule has 0 aliphatic carbocycles. The van der Waals surface area contributed by atoms with Gasteiger partial charge in [-0.15, -0.1) is 0 Å². The van der Waals surface area contributed by atoms with Crippen molar-refractivity contribution in [1.29, 1.82) is 0 Å². The second-order valence-corrected chi connectivity index (χ2v) is 15.2. The van der Waals surface area contributed by atoms with E-state index in [1.807, 2.05) is 34.6 Å². The molecule has 0 spiro atoms. The van der Waals surface area contributed by atoms with E-state index in [9.17, 15) is 8.42 Å². The van der Waals surface area contributed by atoms with Crippen molar-refractivity contribution in [2.24, 2.45) is 0 Å². The first-order valence-electron chi connectivity index (χ1n) is 18.2. The molecule has 0 aromatic heterocycles. The van der Waals surface area contributed by atoms with Crippen LogP contribution in [-0.4, -0.2) is 145 Å². The van der Waals surface area contributed by atoms with Crippen molar-refractivity contribution < 1.29 is 236 Å². The Balaban J connectivity index is -0.000000111. The maximum absolute atomic E-state index is 12.1. The van der Waals surface area contributed by atoms with E-state index in [2.05, 4.69) is 49.9 Å². The minimum atomic E-state index is -3.61. The molecule has 4 fully saturated rings. The number of rotatable bonds is 5. The average molecular weight is 952 g/mol. The number of hydrogen-bond acceptors (Lipinski definition) is 13. The number of likely N-dealkylation sites (tertiary alicyclic amines) is 2. The van der Waals surface area contributed by atoms with E-state index in [0.717, 1.165) is 51.7 Å². The second kappa shape index (κ2) is 44.0. The van der Waals surface area contributed by atoms with Crippen molar-refractivity contribution in [3.05, 3.63) is 29.8 Å². The van der Waals surface area contributed by atoms with Gasteiger partial charge in [-0.2, -0.15) is 8.42 Å². The molecule has 1 aromatic carbocycles. The van der Waals surface area contributed by atoms with Crippen LogP contribution in [0.25, 0.3) is 0 Å². The van der Waals surface area contributed by atoms with Crippen molar-refractivity contribution in [3.8, 4) is 0 Å². The zero-order valence-corrected chi connectivity index (χ0v) is 40.2. The third kappa shape index (κ3) is 33.6. The predicted octanol–water partition coefficient (Wildman–Crippen LogP) is 5.27. The first kappa shape index (κ1) is 75.4. The van der Waals surface area contributed by atoms with Crippen LogP contribution in [0.4, 0.5) is 0 Å². The first-order valence-corrected chi connectivity index (χ1v) is 19.6. The summed E-state index contributed by atoms with van der Waals surface area (Å²) in [6, 6.07) is 6.76. The molecule has 4 saturated heterocycles. The number of aliphatic hydroxyl groups excluding tert-OH is 1. The molecule has 0 amide bonds. The zero-order valence-electron chi connectivity index (χ0n) is 35.9. The Morgan fingerprint density at radius 1 is 0.696 bits per heavy atom. The van der Waals surface area contributed by atoms with Crippen LogP contribution in [0.1, 0.15) is 85.6 Å². The molecule has 0 unspecified atom stereocenters. The summed E-state index contributed by atoms with van der Waals surface area (Å²) < 4.78 is 50.9. The van der Waals surface area contributed by atoms with Gasteiger partial charge in [0.1, 0.15) is 0 Å². The van der Waals surface area contributed by atoms with Gasteiger partial charge in [-0.3, -0.25) is 14.7 Å². The SMILES string of the molecule is CB1OC(C)(C)C(C)(C)O1.CC.CO.COC1CCN(C)CC1.COC1CCNCC1.Cc1ccc(S(=O)(=O)OC2CCN(C)CC2)cc1.OO.[Ar].[Ar].[Ar].[Ar].[Ar]. The van der Waals surface area contributed by atoms with Gasteiger partial charge < -0.3 is 39.0 Å². The molecule has 342 valence electrons. The number of nitrogens with zero attached hydrogens (tertiary/aromatic N) is 2.